The van der Waals surface area contributed by atoms with Gasteiger partial charge in [-0.05, 0) is 38.3 Å². The van der Waals surface area contributed by atoms with E-state index >= 15 is 0 Å². The van der Waals surface area contributed by atoms with E-state index in [1.165, 1.54) is 19.1 Å². The number of hydrogen-bond donors (Lipinski definition) is 0. The van der Waals surface area contributed by atoms with Gasteiger partial charge in [0, 0.05) is 19.6 Å². The number of ketones is 1. The SMILES string of the molecule is COC1CCCC(Oc2ccc([N+](=O)[O-])c(C(C)=O)c2)C1. The molecule has 0 aromatic heterocycles. The molecule has 0 radical (unpaired) electrons. The lowest BCUT2D eigenvalue weighted by Gasteiger charge is -2.28. The van der Waals surface area contributed by atoms with Crippen LogP contribution in [-0.2, 0) is 4.74 Å². The minimum atomic E-state index is -0.553. The minimum absolute atomic E-state index is 0.0185. The summed E-state index contributed by atoms with van der Waals surface area (Å²) in [4.78, 5) is 21.9. The Kier molecular flexibility index (Phi) is 4.90. The Hall–Kier alpha value is -1.95. The molecule has 1 aliphatic carbocycles. The number of nitro benzene ring substituents is 1. The molecule has 1 aromatic rings. The number of hydrogen-bond acceptors (Lipinski definition) is 5. The fourth-order valence-corrected chi connectivity index (χ4v) is 2.65. The van der Waals surface area contributed by atoms with Gasteiger partial charge in [0.1, 0.15) is 11.9 Å². The van der Waals surface area contributed by atoms with Gasteiger partial charge in [-0.25, -0.2) is 0 Å². The number of ether oxygens (including phenoxy) is 2. The molecule has 1 fully saturated rings. The summed E-state index contributed by atoms with van der Waals surface area (Å²) in [6.45, 7) is 1.31. The number of nitro groups is 1. The zero-order chi connectivity index (χ0) is 15.4. The first kappa shape index (κ1) is 15.4. The first-order valence-electron chi connectivity index (χ1n) is 7.00. The maximum atomic E-state index is 11.5. The number of Topliss-reactive ketones (excluding diaryl/α,β-unsaturated/α-hetero) is 1. The molecule has 0 N–H and O–H groups in total. The van der Waals surface area contributed by atoms with Gasteiger partial charge in [-0.3, -0.25) is 14.9 Å². The van der Waals surface area contributed by atoms with E-state index in [9.17, 15) is 14.9 Å². The molecular weight excluding hydrogens is 274 g/mol. The molecular formula is C15H19NO5. The van der Waals surface area contributed by atoms with Crippen LogP contribution in [0.4, 0.5) is 5.69 Å². The standard InChI is InChI=1S/C15H19NO5/c1-10(17)14-9-13(6-7-15(14)16(18)19)21-12-5-3-4-11(8-12)20-2/h6-7,9,11-12H,3-5,8H2,1-2H3. The lowest BCUT2D eigenvalue weighted by atomic mass is 9.95. The molecule has 2 unspecified atom stereocenters. The Labute approximate surface area is 123 Å². The van der Waals surface area contributed by atoms with Crippen LogP contribution < -0.4 is 4.74 Å². The van der Waals surface area contributed by atoms with Crippen molar-refractivity contribution >= 4 is 11.5 Å². The van der Waals surface area contributed by atoms with E-state index in [0.717, 1.165) is 25.7 Å². The molecule has 1 aliphatic rings. The third-order valence-electron chi connectivity index (χ3n) is 3.76. The van der Waals surface area contributed by atoms with Gasteiger partial charge in [0.2, 0.25) is 0 Å². The van der Waals surface area contributed by atoms with E-state index in [1.807, 2.05) is 0 Å². The molecule has 6 nitrogen and oxygen atoms in total. The maximum absolute atomic E-state index is 11.5. The summed E-state index contributed by atoms with van der Waals surface area (Å²) in [5, 5.41) is 10.9. The number of methoxy groups -OCH3 is 1. The van der Waals surface area contributed by atoms with Crippen LogP contribution in [0.5, 0.6) is 5.75 Å². The van der Waals surface area contributed by atoms with E-state index in [1.54, 1.807) is 13.2 Å². The Bertz CT molecular complexity index is 543. The Balaban J connectivity index is 2.15. The average Bonchev–Trinajstić information content (AvgIpc) is 2.47. The summed E-state index contributed by atoms with van der Waals surface area (Å²) in [6.07, 6.45) is 3.97. The fourth-order valence-electron chi connectivity index (χ4n) is 2.65. The van der Waals surface area contributed by atoms with Crippen molar-refractivity contribution in [1.82, 2.24) is 0 Å². The second kappa shape index (κ2) is 6.67. The second-order valence-electron chi connectivity index (χ2n) is 5.26. The second-order valence-corrected chi connectivity index (χ2v) is 5.26. The highest BCUT2D eigenvalue weighted by Crippen LogP contribution is 2.29. The molecule has 6 heteroatoms. The normalized spacial score (nSPS) is 21.8. The monoisotopic (exact) mass is 293 g/mol. The lowest BCUT2D eigenvalue weighted by Crippen LogP contribution is -2.29. The van der Waals surface area contributed by atoms with E-state index in [0.29, 0.717) is 5.75 Å². The van der Waals surface area contributed by atoms with Crippen LogP contribution in [0.1, 0.15) is 43.0 Å². The van der Waals surface area contributed by atoms with Crippen LogP contribution in [0.2, 0.25) is 0 Å². The van der Waals surface area contributed by atoms with E-state index in [-0.39, 0.29) is 29.2 Å². The highest BCUT2D eigenvalue weighted by Gasteiger charge is 2.24. The molecule has 21 heavy (non-hydrogen) atoms. The third-order valence-corrected chi connectivity index (χ3v) is 3.76. The number of nitrogens with zero attached hydrogens (tertiary/aromatic N) is 1. The highest BCUT2D eigenvalue weighted by molar-refractivity contribution is 5.98. The number of carbonyl (C=O) groups excluding carboxylic acids is 1. The molecule has 0 heterocycles. The van der Waals surface area contributed by atoms with Gasteiger partial charge in [0.05, 0.1) is 16.6 Å². The van der Waals surface area contributed by atoms with Gasteiger partial charge in [0.15, 0.2) is 5.78 Å². The highest BCUT2D eigenvalue weighted by atomic mass is 16.6. The van der Waals surface area contributed by atoms with Gasteiger partial charge in [-0.15, -0.1) is 0 Å². The van der Waals surface area contributed by atoms with Gasteiger partial charge < -0.3 is 9.47 Å². The molecule has 2 atom stereocenters. The predicted octanol–water partition coefficient (Wildman–Crippen LogP) is 3.13. The van der Waals surface area contributed by atoms with Crippen molar-refractivity contribution in [3.8, 4) is 5.75 Å². The summed E-state index contributed by atoms with van der Waals surface area (Å²) in [5.74, 6) is 0.151. The molecule has 0 amide bonds. The summed E-state index contributed by atoms with van der Waals surface area (Å²) in [7, 11) is 1.69. The van der Waals surface area contributed by atoms with Crippen molar-refractivity contribution in [1.29, 1.82) is 0 Å². The van der Waals surface area contributed by atoms with Gasteiger partial charge in [-0.1, -0.05) is 0 Å². The zero-order valence-electron chi connectivity index (χ0n) is 12.2. The van der Waals surface area contributed by atoms with Crippen LogP contribution in [0.3, 0.4) is 0 Å². The smallest absolute Gasteiger partial charge is 0.280 e. The van der Waals surface area contributed by atoms with Crippen molar-refractivity contribution in [2.75, 3.05) is 7.11 Å². The zero-order valence-corrected chi connectivity index (χ0v) is 12.2. The van der Waals surface area contributed by atoms with Crippen LogP contribution in [0.25, 0.3) is 0 Å². The molecule has 0 aliphatic heterocycles. The number of carbonyl (C=O) groups is 1. The molecule has 2 rings (SSSR count). The summed E-state index contributed by atoms with van der Waals surface area (Å²) in [5.41, 5.74) is -0.107. The van der Waals surface area contributed by atoms with E-state index in [2.05, 4.69) is 0 Å². The van der Waals surface area contributed by atoms with Gasteiger partial charge >= 0.3 is 0 Å². The average molecular weight is 293 g/mol. The predicted molar refractivity (Wildman–Crippen MR) is 76.8 cm³/mol. The van der Waals surface area contributed by atoms with Crippen molar-refractivity contribution < 1.29 is 19.2 Å². The van der Waals surface area contributed by atoms with E-state index in [4.69, 9.17) is 9.47 Å². The first-order valence-corrected chi connectivity index (χ1v) is 7.00. The quantitative estimate of drug-likeness (QED) is 0.473. The van der Waals surface area contributed by atoms with Crippen LogP contribution in [-0.4, -0.2) is 30.0 Å². The van der Waals surface area contributed by atoms with Crippen LogP contribution in [0.15, 0.2) is 18.2 Å². The molecule has 114 valence electrons. The molecule has 0 spiro atoms. The maximum Gasteiger partial charge on any atom is 0.280 e. The van der Waals surface area contributed by atoms with Crippen molar-refractivity contribution in [3.63, 3.8) is 0 Å². The number of benzene rings is 1. The fraction of sp³-hybridized carbons (Fsp3) is 0.533. The Morgan fingerprint density at radius 3 is 2.67 bits per heavy atom. The summed E-state index contributed by atoms with van der Waals surface area (Å²) >= 11 is 0. The van der Waals surface area contributed by atoms with Gasteiger partial charge in [0.25, 0.3) is 5.69 Å². The molecule has 1 aromatic carbocycles. The third kappa shape index (κ3) is 3.78. The topological polar surface area (TPSA) is 78.7 Å². The Morgan fingerprint density at radius 1 is 1.33 bits per heavy atom. The number of rotatable bonds is 5. The first-order chi connectivity index (χ1) is 10.0. The van der Waals surface area contributed by atoms with Crippen molar-refractivity contribution in [3.05, 3.63) is 33.9 Å². The summed E-state index contributed by atoms with van der Waals surface area (Å²) in [6, 6.07) is 4.32. The largest absolute Gasteiger partial charge is 0.490 e. The van der Waals surface area contributed by atoms with Crippen molar-refractivity contribution in [2.45, 2.75) is 44.8 Å². The molecule has 0 saturated heterocycles. The van der Waals surface area contributed by atoms with Gasteiger partial charge in [-0.2, -0.15) is 0 Å². The van der Waals surface area contributed by atoms with Crippen LogP contribution >= 0.6 is 0 Å². The lowest BCUT2D eigenvalue weighted by molar-refractivity contribution is -0.385. The minimum Gasteiger partial charge on any atom is -0.490 e. The van der Waals surface area contributed by atoms with E-state index < -0.39 is 4.92 Å². The van der Waals surface area contributed by atoms with Crippen LogP contribution in [0, 0.1) is 10.1 Å². The molecule has 1 saturated carbocycles. The Morgan fingerprint density at radius 2 is 2.05 bits per heavy atom. The summed E-state index contributed by atoms with van der Waals surface area (Å²) < 4.78 is 11.2. The van der Waals surface area contributed by atoms with Crippen molar-refractivity contribution in [2.24, 2.45) is 0 Å². The molecule has 0 bridgehead atoms.